The van der Waals surface area contributed by atoms with E-state index in [2.05, 4.69) is 23.9 Å². The highest BCUT2D eigenvalue weighted by molar-refractivity contribution is 7.89. The number of hydrogen-bond acceptors (Lipinski definition) is 4. The molecule has 0 saturated carbocycles. The SMILES string of the molecule is CCNS(=O)(=O)c1ccc(C)c(C(=O)NC(C)(CN)CC(C)C)c1.Cl. The van der Waals surface area contributed by atoms with Gasteiger partial charge >= 0.3 is 0 Å². The molecule has 0 bridgehead atoms. The van der Waals surface area contributed by atoms with Crippen molar-refractivity contribution in [2.24, 2.45) is 11.7 Å². The Hall–Kier alpha value is -1.15. The van der Waals surface area contributed by atoms with Crippen LogP contribution in [0.1, 0.15) is 50.0 Å². The summed E-state index contributed by atoms with van der Waals surface area (Å²) in [5.74, 6) is 0.0649. The Morgan fingerprint density at radius 2 is 1.92 bits per heavy atom. The molecule has 144 valence electrons. The van der Waals surface area contributed by atoms with Crippen molar-refractivity contribution in [3.63, 3.8) is 0 Å². The Morgan fingerprint density at radius 3 is 2.40 bits per heavy atom. The lowest BCUT2D eigenvalue weighted by Gasteiger charge is -2.31. The molecule has 0 aromatic heterocycles. The highest BCUT2D eigenvalue weighted by Crippen LogP contribution is 2.19. The number of nitrogens with one attached hydrogen (secondary N) is 2. The van der Waals surface area contributed by atoms with E-state index in [0.29, 0.717) is 23.6 Å². The third-order valence-electron chi connectivity index (χ3n) is 3.82. The van der Waals surface area contributed by atoms with Crippen molar-refractivity contribution in [2.75, 3.05) is 13.1 Å². The molecule has 0 saturated heterocycles. The first-order valence-corrected chi connectivity index (χ1v) is 9.66. The van der Waals surface area contributed by atoms with Crippen LogP contribution in [0.5, 0.6) is 0 Å². The van der Waals surface area contributed by atoms with Crippen LogP contribution in [-0.4, -0.2) is 33.0 Å². The van der Waals surface area contributed by atoms with E-state index in [1.165, 1.54) is 12.1 Å². The molecule has 0 aliphatic rings. The molecule has 0 radical (unpaired) electrons. The van der Waals surface area contributed by atoms with Crippen LogP contribution in [0.4, 0.5) is 0 Å². The van der Waals surface area contributed by atoms with Crippen molar-refractivity contribution in [3.8, 4) is 0 Å². The summed E-state index contributed by atoms with van der Waals surface area (Å²) >= 11 is 0. The van der Waals surface area contributed by atoms with Crippen LogP contribution in [-0.2, 0) is 10.0 Å². The molecule has 1 aromatic rings. The minimum atomic E-state index is -3.61. The number of amides is 1. The molecular weight excluding hydrogens is 362 g/mol. The number of carbonyl (C=O) groups is 1. The van der Waals surface area contributed by atoms with E-state index in [1.54, 1.807) is 19.9 Å². The molecule has 8 heteroatoms. The Bertz CT molecular complexity index is 692. The van der Waals surface area contributed by atoms with Gasteiger partial charge in [0.15, 0.2) is 0 Å². The number of benzene rings is 1. The van der Waals surface area contributed by atoms with Crippen molar-refractivity contribution in [2.45, 2.75) is 51.5 Å². The van der Waals surface area contributed by atoms with E-state index in [0.717, 1.165) is 6.42 Å². The van der Waals surface area contributed by atoms with E-state index in [-0.39, 0.29) is 29.8 Å². The molecule has 0 fully saturated rings. The van der Waals surface area contributed by atoms with Gasteiger partial charge < -0.3 is 11.1 Å². The number of nitrogens with two attached hydrogens (primary N) is 1. The highest BCUT2D eigenvalue weighted by Gasteiger charge is 2.27. The number of aryl methyl sites for hydroxylation is 1. The Labute approximate surface area is 157 Å². The maximum absolute atomic E-state index is 12.7. The smallest absolute Gasteiger partial charge is 0.252 e. The second kappa shape index (κ2) is 9.52. The molecule has 0 aliphatic heterocycles. The van der Waals surface area contributed by atoms with Gasteiger partial charge in [0.2, 0.25) is 10.0 Å². The van der Waals surface area contributed by atoms with Gasteiger partial charge in [-0.3, -0.25) is 4.79 Å². The Morgan fingerprint density at radius 1 is 1.32 bits per heavy atom. The zero-order chi connectivity index (χ0) is 18.5. The second-order valence-electron chi connectivity index (χ2n) is 6.79. The molecule has 25 heavy (non-hydrogen) atoms. The van der Waals surface area contributed by atoms with Crippen LogP contribution < -0.4 is 15.8 Å². The van der Waals surface area contributed by atoms with E-state index in [1.807, 2.05) is 6.92 Å². The quantitative estimate of drug-likeness (QED) is 0.632. The van der Waals surface area contributed by atoms with Crippen LogP contribution in [0.2, 0.25) is 0 Å². The number of halogens is 1. The first kappa shape index (κ1) is 23.9. The monoisotopic (exact) mass is 391 g/mol. The fourth-order valence-corrected chi connectivity index (χ4v) is 3.78. The summed E-state index contributed by atoms with van der Waals surface area (Å²) in [5, 5.41) is 2.96. The summed E-state index contributed by atoms with van der Waals surface area (Å²) in [7, 11) is -3.61. The normalized spacial score (nSPS) is 13.9. The number of sulfonamides is 1. The first-order chi connectivity index (χ1) is 11.0. The van der Waals surface area contributed by atoms with Crippen molar-refractivity contribution in [1.29, 1.82) is 0 Å². The predicted octanol–water partition coefficient (Wildman–Crippen LogP) is 2.21. The molecule has 4 N–H and O–H groups in total. The van der Waals surface area contributed by atoms with Gasteiger partial charge in [-0.1, -0.05) is 26.8 Å². The molecule has 0 heterocycles. The van der Waals surface area contributed by atoms with Crippen molar-refractivity contribution < 1.29 is 13.2 Å². The first-order valence-electron chi connectivity index (χ1n) is 8.17. The molecule has 1 unspecified atom stereocenters. The summed E-state index contributed by atoms with van der Waals surface area (Å²) in [6, 6.07) is 4.55. The second-order valence-corrected chi connectivity index (χ2v) is 8.56. The van der Waals surface area contributed by atoms with Crippen LogP contribution in [0, 0.1) is 12.8 Å². The summed E-state index contributed by atoms with van der Waals surface area (Å²) in [5.41, 5.74) is 6.36. The van der Waals surface area contributed by atoms with Crippen LogP contribution >= 0.6 is 12.4 Å². The number of rotatable bonds is 8. The molecule has 1 amide bonds. The molecule has 0 aliphatic carbocycles. The van der Waals surface area contributed by atoms with Gasteiger partial charge in [-0.2, -0.15) is 0 Å². The average molecular weight is 392 g/mol. The zero-order valence-corrected chi connectivity index (χ0v) is 17.2. The van der Waals surface area contributed by atoms with Crippen molar-refractivity contribution in [3.05, 3.63) is 29.3 Å². The average Bonchev–Trinajstić information content (AvgIpc) is 2.46. The molecule has 1 aromatic carbocycles. The van der Waals surface area contributed by atoms with Crippen molar-refractivity contribution >= 4 is 28.3 Å². The molecule has 1 rings (SSSR count). The fraction of sp³-hybridized carbons (Fsp3) is 0.588. The zero-order valence-electron chi connectivity index (χ0n) is 15.5. The summed E-state index contributed by atoms with van der Waals surface area (Å²) in [6.07, 6.45) is 0.740. The summed E-state index contributed by atoms with van der Waals surface area (Å²) < 4.78 is 26.7. The third kappa shape index (κ3) is 6.58. The highest BCUT2D eigenvalue weighted by atomic mass is 35.5. The van der Waals surface area contributed by atoms with E-state index >= 15 is 0 Å². The number of carbonyl (C=O) groups excluding carboxylic acids is 1. The number of hydrogen-bond donors (Lipinski definition) is 3. The van der Waals surface area contributed by atoms with Crippen molar-refractivity contribution in [1.82, 2.24) is 10.0 Å². The van der Waals surface area contributed by atoms with E-state index < -0.39 is 15.6 Å². The maximum atomic E-state index is 12.7. The van der Waals surface area contributed by atoms with E-state index in [4.69, 9.17) is 5.73 Å². The van der Waals surface area contributed by atoms with Crippen LogP contribution in [0.3, 0.4) is 0 Å². The van der Waals surface area contributed by atoms with Gasteiger partial charge in [0, 0.05) is 24.2 Å². The lowest BCUT2D eigenvalue weighted by Crippen LogP contribution is -2.52. The van der Waals surface area contributed by atoms with Gasteiger partial charge in [-0.25, -0.2) is 13.1 Å². The van der Waals surface area contributed by atoms with Gasteiger partial charge in [-0.05, 0) is 43.9 Å². The maximum Gasteiger partial charge on any atom is 0.252 e. The lowest BCUT2D eigenvalue weighted by molar-refractivity contribution is 0.0897. The minimum absolute atomic E-state index is 0. The molecule has 0 spiro atoms. The van der Waals surface area contributed by atoms with Crippen LogP contribution in [0.25, 0.3) is 0 Å². The lowest BCUT2D eigenvalue weighted by atomic mass is 9.90. The largest absolute Gasteiger partial charge is 0.346 e. The van der Waals surface area contributed by atoms with Gasteiger partial charge in [0.1, 0.15) is 0 Å². The van der Waals surface area contributed by atoms with Crippen LogP contribution in [0.15, 0.2) is 23.1 Å². The summed E-state index contributed by atoms with van der Waals surface area (Å²) in [6.45, 7) is 10.1. The Balaban J connectivity index is 0.00000576. The minimum Gasteiger partial charge on any atom is -0.346 e. The molecule has 6 nitrogen and oxygen atoms in total. The predicted molar refractivity (Wildman–Crippen MR) is 104 cm³/mol. The standard InChI is InChI=1S/C17H29N3O3S.ClH/c1-6-19-24(22,23)14-8-7-13(4)15(9-14)16(21)20-17(5,11-18)10-12(2)3;/h7-9,12,19H,6,10-11,18H2,1-5H3,(H,20,21);1H. The fourth-order valence-electron chi connectivity index (χ4n) is 2.71. The van der Waals surface area contributed by atoms with E-state index in [9.17, 15) is 13.2 Å². The summed E-state index contributed by atoms with van der Waals surface area (Å²) in [4.78, 5) is 12.8. The molecular formula is C17H30ClN3O3S. The van der Waals surface area contributed by atoms with Gasteiger partial charge in [0.25, 0.3) is 5.91 Å². The van der Waals surface area contributed by atoms with Gasteiger partial charge in [0.05, 0.1) is 4.90 Å². The third-order valence-corrected chi connectivity index (χ3v) is 5.37. The topological polar surface area (TPSA) is 101 Å². The van der Waals surface area contributed by atoms with Gasteiger partial charge in [-0.15, -0.1) is 12.4 Å². The Kier molecular flexibility index (Phi) is 9.08. The molecule has 1 atom stereocenters.